The van der Waals surface area contributed by atoms with E-state index >= 15 is 0 Å². The molecule has 3 atom stereocenters. The molecule has 1 saturated carbocycles. The topological polar surface area (TPSA) is 84.6 Å². The highest BCUT2D eigenvalue weighted by molar-refractivity contribution is 5.94. The highest BCUT2D eigenvalue weighted by Gasteiger charge is 2.54. The van der Waals surface area contributed by atoms with Gasteiger partial charge in [-0.3, -0.25) is 9.59 Å². The molecule has 30 heavy (non-hydrogen) atoms. The lowest BCUT2D eigenvalue weighted by molar-refractivity contribution is -0.148. The number of hydrogen-bond donors (Lipinski definition) is 1. The van der Waals surface area contributed by atoms with Crippen LogP contribution in [0.1, 0.15) is 34.7 Å². The van der Waals surface area contributed by atoms with Crippen LogP contribution in [0.5, 0.6) is 0 Å². The molecule has 4 rings (SSSR count). The average Bonchev–Trinajstić information content (AvgIpc) is 3.59. The zero-order chi connectivity index (χ0) is 21.4. The van der Waals surface area contributed by atoms with Crippen LogP contribution in [-0.2, 0) is 4.79 Å². The Labute approximate surface area is 176 Å². The minimum absolute atomic E-state index is 0.00729. The minimum Gasteiger partial charge on any atom is -0.394 e. The van der Waals surface area contributed by atoms with E-state index < -0.39 is 12.1 Å². The maximum Gasteiger partial charge on any atom is 0.253 e. The predicted octanol–water partition coefficient (Wildman–Crippen LogP) is 2.64. The summed E-state index contributed by atoms with van der Waals surface area (Å²) in [6, 6.07) is 16.5. The van der Waals surface area contributed by atoms with E-state index in [0.717, 1.165) is 29.5 Å². The number of aliphatic hydroxyl groups is 1. The van der Waals surface area contributed by atoms with E-state index in [-0.39, 0.29) is 30.3 Å². The first-order chi connectivity index (χ1) is 14.5. The van der Waals surface area contributed by atoms with Gasteiger partial charge in [-0.2, -0.15) is 5.26 Å². The van der Waals surface area contributed by atoms with Crippen LogP contribution in [0.4, 0.5) is 0 Å². The zero-order valence-corrected chi connectivity index (χ0v) is 17.2. The molecule has 0 unspecified atom stereocenters. The van der Waals surface area contributed by atoms with Crippen LogP contribution >= 0.6 is 0 Å². The fraction of sp³-hybridized carbons (Fsp3) is 0.375. The Bertz CT molecular complexity index is 1010. The predicted molar refractivity (Wildman–Crippen MR) is 112 cm³/mol. The first kappa shape index (κ1) is 20.1. The Hall–Kier alpha value is -3.17. The second-order valence-corrected chi connectivity index (χ2v) is 8.23. The summed E-state index contributed by atoms with van der Waals surface area (Å²) < 4.78 is 0. The summed E-state index contributed by atoms with van der Waals surface area (Å²) in [7, 11) is 3.43. The second-order valence-electron chi connectivity index (χ2n) is 8.23. The number of aliphatic hydroxyl groups excluding tert-OH is 1. The molecule has 2 amide bonds. The van der Waals surface area contributed by atoms with Gasteiger partial charge in [0.05, 0.1) is 18.7 Å². The smallest absolute Gasteiger partial charge is 0.253 e. The summed E-state index contributed by atoms with van der Waals surface area (Å²) in [5.74, 6) is -0.316. The van der Waals surface area contributed by atoms with E-state index in [1.807, 2.05) is 36.4 Å². The molecule has 6 nitrogen and oxygen atoms in total. The van der Waals surface area contributed by atoms with Crippen molar-refractivity contribution in [3.63, 3.8) is 0 Å². The van der Waals surface area contributed by atoms with Crippen LogP contribution in [0, 0.1) is 17.2 Å². The summed E-state index contributed by atoms with van der Waals surface area (Å²) in [5.41, 5.74) is 3.42. The van der Waals surface area contributed by atoms with Crippen LogP contribution in [0.3, 0.4) is 0 Å². The highest BCUT2D eigenvalue weighted by atomic mass is 16.3. The quantitative estimate of drug-likeness (QED) is 0.832. The van der Waals surface area contributed by atoms with Crippen LogP contribution in [0.15, 0.2) is 48.5 Å². The maximum atomic E-state index is 12.6. The monoisotopic (exact) mass is 403 g/mol. The third-order valence-corrected chi connectivity index (χ3v) is 6.08. The van der Waals surface area contributed by atoms with E-state index in [4.69, 9.17) is 0 Å². The van der Waals surface area contributed by atoms with Crippen molar-refractivity contribution in [1.82, 2.24) is 9.80 Å². The lowest BCUT2D eigenvalue weighted by atomic mass is 9.73. The molecule has 2 aliphatic rings. The van der Waals surface area contributed by atoms with Gasteiger partial charge in [0.1, 0.15) is 6.04 Å². The fourth-order valence-corrected chi connectivity index (χ4v) is 4.33. The Kier molecular flexibility index (Phi) is 5.31. The van der Waals surface area contributed by atoms with E-state index in [2.05, 4.69) is 6.07 Å². The van der Waals surface area contributed by atoms with Gasteiger partial charge in [0.2, 0.25) is 5.91 Å². The van der Waals surface area contributed by atoms with Crippen molar-refractivity contribution in [3.8, 4) is 17.2 Å². The largest absolute Gasteiger partial charge is 0.394 e. The van der Waals surface area contributed by atoms with Gasteiger partial charge in [-0.05, 0) is 41.7 Å². The third-order valence-electron chi connectivity index (χ3n) is 6.08. The number of carbonyl (C=O) groups is 2. The number of benzene rings is 2. The molecular formula is C24H25N3O3. The highest BCUT2D eigenvalue weighted by Crippen LogP contribution is 2.46. The second kappa shape index (κ2) is 7.92. The number of rotatable bonds is 5. The molecule has 1 heterocycles. The first-order valence-electron chi connectivity index (χ1n) is 10.2. The van der Waals surface area contributed by atoms with E-state index in [1.54, 1.807) is 31.1 Å². The third kappa shape index (κ3) is 3.35. The molecule has 0 spiro atoms. The minimum atomic E-state index is -0.578. The lowest BCUT2D eigenvalue weighted by Gasteiger charge is -2.52. The van der Waals surface area contributed by atoms with Gasteiger partial charge in [-0.15, -0.1) is 0 Å². The molecule has 6 heteroatoms. The van der Waals surface area contributed by atoms with E-state index in [0.29, 0.717) is 5.56 Å². The molecule has 2 fully saturated rings. The molecule has 2 aromatic rings. The van der Waals surface area contributed by atoms with Crippen molar-refractivity contribution in [3.05, 3.63) is 59.7 Å². The number of hydrogen-bond acceptors (Lipinski definition) is 4. The van der Waals surface area contributed by atoms with Crippen LogP contribution < -0.4 is 0 Å². The average molecular weight is 403 g/mol. The summed E-state index contributed by atoms with van der Waals surface area (Å²) in [6.45, 7) is -0.175. The van der Waals surface area contributed by atoms with Crippen molar-refractivity contribution < 1.29 is 14.7 Å². The molecule has 1 aliphatic carbocycles. The molecule has 0 radical (unpaired) electrons. The van der Waals surface area contributed by atoms with Crippen molar-refractivity contribution in [1.29, 1.82) is 5.26 Å². The van der Waals surface area contributed by atoms with Gasteiger partial charge in [0, 0.05) is 31.5 Å². The number of carbonyl (C=O) groups excluding carboxylic acids is 2. The summed E-state index contributed by atoms with van der Waals surface area (Å²) in [4.78, 5) is 27.9. The maximum absolute atomic E-state index is 12.6. The molecule has 1 N–H and O–H groups in total. The lowest BCUT2D eigenvalue weighted by Crippen LogP contribution is -2.65. The first-order valence-corrected chi connectivity index (χ1v) is 10.2. The van der Waals surface area contributed by atoms with Gasteiger partial charge in [0.15, 0.2) is 0 Å². The van der Waals surface area contributed by atoms with Gasteiger partial charge in [-0.25, -0.2) is 0 Å². The van der Waals surface area contributed by atoms with E-state index in [1.165, 1.54) is 4.90 Å². The normalized spacial score (nSPS) is 22.7. The van der Waals surface area contributed by atoms with Crippen LogP contribution in [-0.4, -0.2) is 59.5 Å². The summed E-state index contributed by atoms with van der Waals surface area (Å²) in [6.07, 6.45) is 1.73. The van der Waals surface area contributed by atoms with Crippen molar-refractivity contribution >= 4 is 11.8 Å². The number of nitrogens with zero attached hydrogens (tertiary/aromatic N) is 3. The fourth-order valence-electron chi connectivity index (χ4n) is 4.33. The SMILES string of the molecule is CN(C)C(=O)c1ccc(-c2ccccc2[C@H]2[C@H](C#N)N(C(=O)C3CC3)[C@H]2CO)cc1. The standard InChI is InChI=1S/C24H25N3O3/c1-26(2)23(29)16-9-7-15(8-10-16)18-5-3-4-6-19(18)22-20(13-25)27(21(22)14-28)24(30)17-11-12-17/h3-10,17,20-22,28H,11-12,14H2,1-2H3/t20-,21-,22-/m0/s1. The van der Waals surface area contributed by atoms with Crippen LogP contribution in [0.25, 0.3) is 11.1 Å². The Morgan fingerprint density at radius 2 is 1.80 bits per heavy atom. The van der Waals surface area contributed by atoms with Gasteiger partial charge in [0.25, 0.3) is 5.91 Å². The Balaban J connectivity index is 1.67. The number of likely N-dealkylation sites (tertiary alicyclic amines) is 1. The van der Waals surface area contributed by atoms with E-state index in [9.17, 15) is 20.0 Å². The van der Waals surface area contributed by atoms with Crippen molar-refractivity contribution in [2.75, 3.05) is 20.7 Å². The molecule has 0 aromatic heterocycles. The van der Waals surface area contributed by atoms with Crippen LogP contribution in [0.2, 0.25) is 0 Å². The number of nitriles is 1. The number of amides is 2. The van der Waals surface area contributed by atoms with Gasteiger partial charge < -0.3 is 14.9 Å². The molecular weight excluding hydrogens is 378 g/mol. The Morgan fingerprint density at radius 3 is 2.37 bits per heavy atom. The molecule has 1 aliphatic heterocycles. The molecule has 154 valence electrons. The molecule has 0 bridgehead atoms. The summed E-state index contributed by atoms with van der Waals surface area (Å²) in [5, 5.41) is 19.8. The van der Waals surface area contributed by atoms with Gasteiger partial charge in [-0.1, -0.05) is 36.4 Å². The van der Waals surface area contributed by atoms with Crippen molar-refractivity contribution in [2.45, 2.75) is 30.8 Å². The summed E-state index contributed by atoms with van der Waals surface area (Å²) >= 11 is 0. The molecule has 2 aromatic carbocycles. The zero-order valence-electron chi connectivity index (χ0n) is 17.2. The van der Waals surface area contributed by atoms with Gasteiger partial charge >= 0.3 is 0 Å². The Morgan fingerprint density at radius 1 is 1.13 bits per heavy atom. The molecule has 1 saturated heterocycles. The van der Waals surface area contributed by atoms with Crippen molar-refractivity contribution in [2.24, 2.45) is 5.92 Å².